The van der Waals surface area contributed by atoms with Crippen LogP contribution in [0, 0.1) is 0 Å². The maximum absolute atomic E-state index is 6.88. The van der Waals surface area contributed by atoms with E-state index in [0.717, 1.165) is 5.64 Å². The number of hydrogen-bond donors (Lipinski definition) is 3. The molecule has 0 aliphatic heterocycles. The molecule has 0 spiro atoms. The van der Waals surface area contributed by atoms with E-state index in [0.29, 0.717) is 0 Å². The molecule has 1 radical (unpaired) electrons. The van der Waals surface area contributed by atoms with Crippen molar-refractivity contribution in [3.8, 4) is 0 Å². The van der Waals surface area contributed by atoms with E-state index in [1.54, 1.807) is 0 Å². The van der Waals surface area contributed by atoms with Crippen LogP contribution < -0.4 is 5.64 Å². The molecule has 4 heavy (non-hydrogen) atoms. The van der Waals surface area contributed by atoms with E-state index in [-0.39, 0.29) is 17.1 Å². The summed E-state index contributed by atoms with van der Waals surface area (Å²) in [6, 6.07) is 0. The van der Waals surface area contributed by atoms with Crippen LogP contribution >= 0.6 is 0 Å². The molecule has 0 heterocycles. The summed E-state index contributed by atoms with van der Waals surface area (Å²) in [6.07, 6.45) is 0. The Hall–Kier alpha value is 0.399. The number of rotatable bonds is 0. The van der Waals surface area contributed by atoms with E-state index in [1.807, 2.05) is 0 Å². The van der Waals surface area contributed by atoms with Crippen molar-refractivity contribution in [3.63, 3.8) is 0 Å². The fourth-order valence-electron chi connectivity index (χ4n) is 0. The van der Waals surface area contributed by atoms with Crippen molar-refractivity contribution in [3.05, 3.63) is 0 Å². The molecule has 0 aliphatic rings. The summed E-state index contributed by atoms with van der Waals surface area (Å²) in [6.45, 7) is 0. The molecular weight excluding hydrogens is 110 g/mol. The molecule has 0 aromatic heterocycles. The SMILES string of the molecule is ONO.[Cu]. The van der Waals surface area contributed by atoms with Crippen molar-refractivity contribution >= 4 is 0 Å². The van der Waals surface area contributed by atoms with Gasteiger partial charge >= 0.3 is 0 Å². The third-order valence-electron chi connectivity index (χ3n) is 0. The summed E-state index contributed by atoms with van der Waals surface area (Å²) >= 11 is 0. The Bertz CT molecular complexity index is 6.00. The van der Waals surface area contributed by atoms with Gasteiger partial charge in [0, 0.05) is 17.1 Å². The zero-order valence-corrected chi connectivity index (χ0v) is 2.64. The normalized spacial score (nSPS) is 4.50. The summed E-state index contributed by atoms with van der Waals surface area (Å²) in [5, 5.41) is 13.8. The quantitative estimate of drug-likeness (QED) is 0.288. The summed E-state index contributed by atoms with van der Waals surface area (Å²) in [5.41, 5.74) is 0.750. The summed E-state index contributed by atoms with van der Waals surface area (Å²) in [5.74, 6) is 0. The molecule has 0 aliphatic carbocycles. The van der Waals surface area contributed by atoms with Gasteiger partial charge in [-0.05, 0) is 0 Å². The summed E-state index contributed by atoms with van der Waals surface area (Å²) in [4.78, 5) is 0. The monoisotopic (exact) mass is 112 g/mol. The van der Waals surface area contributed by atoms with Crippen LogP contribution in [0.1, 0.15) is 0 Å². The number of nitrogens with one attached hydrogen (secondary N) is 1. The molecule has 0 aromatic carbocycles. The van der Waals surface area contributed by atoms with E-state index in [1.165, 1.54) is 0 Å². The van der Waals surface area contributed by atoms with Crippen molar-refractivity contribution in [1.82, 2.24) is 5.64 Å². The maximum atomic E-state index is 6.88. The third-order valence-corrected chi connectivity index (χ3v) is 0. The van der Waals surface area contributed by atoms with Gasteiger partial charge in [0.25, 0.3) is 0 Å². The zero-order chi connectivity index (χ0) is 2.71. The first-order valence-electron chi connectivity index (χ1n) is 0.447. The Morgan fingerprint density at radius 2 is 1.25 bits per heavy atom. The first-order chi connectivity index (χ1) is 1.41. The molecule has 0 bridgehead atoms. The Kier molecular flexibility index (Phi) is 22.1. The largest absolute Gasteiger partial charge is 0.292 e. The van der Waals surface area contributed by atoms with Crippen molar-refractivity contribution in [2.75, 3.05) is 0 Å². The van der Waals surface area contributed by atoms with Gasteiger partial charge in [-0.1, -0.05) is 5.64 Å². The van der Waals surface area contributed by atoms with E-state index >= 15 is 0 Å². The van der Waals surface area contributed by atoms with Crippen LogP contribution in [-0.4, -0.2) is 10.4 Å². The standard InChI is InChI=1S/Cu.H3NO2/c;2-1-3/h;1-3H. The van der Waals surface area contributed by atoms with Gasteiger partial charge < -0.3 is 0 Å². The molecule has 3 N–H and O–H groups in total. The minimum atomic E-state index is 0. The molecular formula is H3CuNO2. The fourth-order valence-corrected chi connectivity index (χ4v) is 0. The summed E-state index contributed by atoms with van der Waals surface area (Å²) < 4.78 is 0. The number of hydrogen-bond acceptors (Lipinski definition) is 3. The second kappa shape index (κ2) is 9.99. The molecule has 31 valence electrons. The van der Waals surface area contributed by atoms with E-state index in [9.17, 15) is 0 Å². The van der Waals surface area contributed by atoms with Crippen LogP contribution in [0.5, 0.6) is 0 Å². The minimum absolute atomic E-state index is 0. The van der Waals surface area contributed by atoms with Gasteiger partial charge in [-0.3, -0.25) is 10.4 Å². The van der Waals surface area contributed by atoms with Crippen LogP contribution in [0.25, 0.3) is 0 Å². The van der Waals surface area contributed by atoms with Gasteiger partial charge in [0.15, 0.2) is 0 Å². The Balaban J connectivity index is 0. The zero-order valence-electron chi connectivity index (χ0n) is 1.70. The molecule has 0 fully saturated rings. The molecule has 4 heteroatoms. The second-order valence-corrected chi connectivity index (χ2v) is 0.100. The Morgan fingerprint density at radius 1 is 1.25 bits per heavy atom. The molecule has 0 saturated heterocycles. The topological polar surface area (TPSA) is 52.5 Å². The fraction of sp³-hybridized carbons (Fsp3) is 0. The van der Waals surface area contributed by atoms with Gasteiger partial charge in [0.05, 0.1) is 0 Å². The van der Waals surface area contributed by atoms with Gasteiger partial charge in [-0.15, -0.1) is 0 Å². The van der Waals surface area contributed by atoms with Crippen molar-refractivity contribution in [2.24, 2.45) is 0 Å². The van der Waals surface area contributed by atoms with Crippen molar-refractivity contribution in [1.29, 1.82) is 0 Å². The van der Waals surface area contributed by atoms with Crippen LogP contribution in [0.2, 0.25) is 0 Å². The molecule has 0 unspecified atom stereocenters. The predicted molar refractivity (Wildman–Crippen MR) is 6.71 cm³/mol. The first kappa shape index (κ1) is 8.83. The maximum Gasteiger partial charge on any atom is 0 e. The Morgan fingerprint density at radius 3 is 1.25 bits per heavy atom. The average Bonchev–Trinajstić information content (AvgIpc) is 0.918. The first-order valence-corrected chi connectivity index (χ1v) is 0.447. The summed E-state index contributed by atoms with van der Waals surface area (Å²) in [7, 11) is 0. The van der Waals surface area contributed by atoms with Crippen LogP contribution in [0.4, 0.5) is 0 Å². The predicted octanol–water partition coefficient (Wildman–Crippen LogP) is -0.648. The average molecular weight is 113 g/mol. The van der Waals surface area contributed by atoms with Gasteiger partial charge in [-0.25, -0.2) is 0 Å². The minimum Gasteiger partial charge on any atom is -0.292 e. The molecule has 3 nitrogen and oxygen atoms in total. The van der Waals surface area contributed by atoms with Crippen LogP contribution in [-0.2, 0) is 17.1 Å². The third kappa shape index (κ3) is 29.4. The van der Waals surface area contributed by atoms with E-state index in [2.05, 4.69) is 0 Å². The van der Waals surface area contributed by atoms with E-state index in [4.69, 9.17) is 10.4 Å². The van der Waals surface area contributed by atoms with Gasteiger partial charge in [0.1, 0.15) is 0 Å². The van der Waals surface area contributed by atoms with Crippen LogP contribution in [0.3, 0.4) is 0 Å². The van der Waals surface area contributed by atoms with Crippen molar-refractivity contribution < 1.29 is 27.5 Å². The smallest absolute Gasteiger partial charge is 0 e. The molecule has 0 amide bonds. The molecule has 0 rings (SSSR count). The van der Waals surface area contributed by atoms with Gasteiger partial charge in [0.2, 0.25) is 0 Å². The van der Waals surface area contributed by atoms with Crippen molar-refractivity contribution in [2.45, 2.75) is 0 Å². The molecule has 0 atom stereocenters. The van der Waals surface area contributed by atoms with Crippen LogP contribution in [0.15, 0.2) is 0 Å². The van der Waals surface area contributed by atoms with Gasteiger partial charge in [-0.2, -0.15) is 0 Å². The molecule has 0 aromatic rings. The molecule has 0 saturated carbocycles. The Labute approximate surface area is 34.0 Å². The van der Waals surface area contributed by atoms with E-state index < -0.39 is 0 Å². The second-order valence-electron chi connectivity index (χ2n) is 0.100.